The lowest BCUT2D eigenvalue weighted by molar-refractivity contribution is -0.142. The van der Waals surface area contributed by atoms with Gasteiger partial charge in [-0.05, 0) is 36.5 Å². The van der Waals surface area contributed by atoms with Crippen LogP contribution in [0.15, 0.2) is 75.9 Å². The van der Waals surface area contributed by atoms with Gasteiger partial charge in [0.1, 0.15) is 0 Å². The van der Waals surface area contributed by atoms with E-state index in [2.05, 4.69) is 71.4 Å². The van der Waals surface area contributed by atoms with Crippen molar-refractivity contribution in [2.24, 2.45) is 10.8 Å². The van der Waals surface area contributed by atoms with Crippen LogP contribution in [-0.4, -0.2) is 167 Å². The molecule has 0 aromatic heterocycles. The first-order valence-corrected chi connectivity index (χ1v) is 18.9. The lowest BCUT2D eigenvalue weighted by Gasteiger charge is -2.37. The summed E-state index contributed by atoms with van der Waals surface area (Å²) < 4.78 is 42.5. The Hall–Kier alpha value is -5.02. The minimum Gasteiger partial charge on any atom is -0.380 e. The van der Waals surface area contributed by atoms with E-state index in [-0.39, 0.29) is 167 Å². The largest absolute Gasteiger partial charge is 0.380 e. The van der Waals surface area contributed by atoms with Gasteiger partial charge in [0.2, 0.25) is 35.4 Å². The Kier molecular flexibility index (Phi) is 32.0. The summed E-state index contributed by atoms with van der Waals surface area (Å²) in [5.74, 6) is -2.19. The first-order chi connectivity index (χ1) is 28.4. The summed E-state index contributed by atoms with van der Waals surface area (Å²) in [6.45, 7) is 22.7. The number of hydrogen-bond acceptors (Lipinski definition) is 13. The molecular weight excluding hydrogens is 772 g/mol. The zero-order valence-electron chi connectivity index (χ0n) is 34.2. The summed E-state index contributed by atoms with van der Waals surface area (Å²) in [6.07, 6.45) is 6.87. The van der Waals surface area contributed by atoms with Crippen molar-refractivity contribution in [3.63, 3.8) is 0 Å². The van der Waals surface area contributed by atoms with Gasteiger partial charge in [0, 0.05) is 39.3 Å². The van der Waals surface area contributed by atoms with Gasteiger partial charge in [-0.15, -0.1) is 0 Å². The van der Waals surface area contributed by atoms with Crippen molar-refractivity contribution >= 4 is 35.4 Å². The van der Waals surface area contributed by atoms with Crippen LogP contribution < -0.4 is 31.9 Å². The van der Waals surface area contributed by atoms with Gasteiger partial charge in [-0.25, -0.2) is 0 Å². The molecular formula is C40H64N6O13. The van der Waals surface area contributed by atoms with E-state index < -0.39 is 10.8 Å². The number of amides is 6. The monoisotopic (exact) mass is 836 g/mol. The first-order valence-electron chi connectivity index (χ1n) is 18.9. The lowest BCUT2D eigenvalue weighted by atomic mass is 9.90. The van der Waals surface area contributed by atoms with Gasteiger partial charge in [0.25, 0.3) is 0 Å². The highest BCUT2D eigenvalue weighted by Gasteiger charge is 2.37. The van der Waals surface area contributed by atoms with Crippen LogP contribution in [0.25, 0.3) is 0 Å². The Labute approximate surface area is 347 Å². The number of carbonyl (C=O) groups excluding carboxylic acids is 6. The van der Waals surface area contributed by atoms with Crippen LogP contribution in [-0.2, 0) is 61.9 Å². The van der Waals surface area contributed by atoms with Gasteiger partial charge in [0.15, 0.2) is 0 Å². The van der Waals surface area contributed by atoms with Crippen molar-refractivity contribution < 1.29 is 61.9 Å². The Morgan fingerprint density at radius 1 is 0.305 bits per heavy atom. The second kappa shape index (κ2) is 35.0. The summed E-state index contributed by atoms with van der Waals surface area (Å²) in [6, 6.07) is 0. The molecule has 6 N–H and O–H groups in total. The van der Waals surface area contributed by atoms with Crippen molar-refractivity contribution in [1.82, 2.24) is 31.9 Å². The third kappa shape index (κ3) is 28.9. The summed E-state index contributed by atoms with van der Waals surface area (Å²) >= 11 is 0. The van der Waals surface area contributed by atoms with Crippen LogP contribution in [0.3, 0.4) is 0 Å². The zero-order chi connectivity index (χ0) is 44.0. The normalized spacial score (nSPS) is 11.0. The van der Waals surface area contributed by atoms with Gasteiger partial charge in [0.05, 0.1) is 103 Å². The number of nitrogens with one attached hydrogen (secondary N) is 6. The third-order valence-electron chi connectivity index (χ3n) is 7.65. The van der Waals surface area contributed by atoms with E-state index in [1.807, 2.05) is 0 Å². The van der Waals surface area contributed by atoms with Gasteiger partial charge in [-0.3, -0.25) is 28.8 Å². The van der Waals surface area contributed by atoms with Crippen LogP contribution in [0.2, 0.25) is 0 Å². The molecule has 59 heavy (non-hydrogen) atoms. The predicted octanol–water partition coefficient (Wildman–Crippen LogP) is -1.11. The van der Waals surface area contributed by atoms with E-state index in [1.165, 1.54) is 0 Å². The van der Waals surface area contributed by atoms with E-state index in [0.29, 0.717) is 0 Å². The Morgan fingerprint density at radius 2 is 0.458 bits per heavy atom. The predicted molar refractivity (Wildman–Crippen MR) is 220 cm³/mol. The summed E-state index contributed by atoms with van der Waals surface area (Å²) in [5.41, 5.74) is -1.97. The molecule has 0 saturated heterocycles. The van der Waals surface area contributed by atoms with E-state index in [0.717, 1.165) is 36.5 Å². The second-order valence-corrected chi connectivity index (χ2v) is 12.8. The number of rotatable bonds is 40. The number of ether oxygens (including phenoxy) is 7. The summed E-state index contributed by atoms with van der Waals surface area (Å²) in [5, 5.41) is 15.9. The average Bonchev–Trinajstić information content (AvgIpc) is 3.24. The number of hydrogen-bond donors (Lipinski definition) is 6. The maximum atomic E-state index is 11.7. The Balaban J connectivity index is 6.43. The maximum Gasteiger partial charge on any atom is 0.243 e. The van der Waals surface area contributed by atoms with Crippen molar-refractivity contribution in [3.8, 4) is 0 Å². The molecule has 0 aliphatic rings. The van der Waals surface area contributed by atoms with E-state index in [4.69, 9.17) is 33.2 Å². The SMILES string of the molecule is C=CC(=O)NCCOCC(COCCNC(=O)C=C)(COCCNC(=O)C=C)COCC(COCCNC(=O)C=C)(COCCNC(=O)C=C)COCCNC(=O)C=C. The third-order valence-corrected chi connectivity index (χ3v) is 7.65. The molecule has 19 heteroatoms. The van der Waals surface area contributed by atoms with Gasteiger partial charge >= 0.3 is 0 Å². The highest BCUT2D eigenvalue weighted by Crippen LogP contribution is 2.25. The molecule has 0 aliphatic heterocycles. The van der Waals surface area contributed by atoms with E-state index in [9.17, 15) is 28.8 Å². The lowest BCUT2D eigenvalue weighted by Crippen LogP contribution is -2.47. The zero-order valence-corrected chi connectivity index (χ0v) is 34.2. The molecule has 0 bridgehead atoms. The molecule has 0 fully saturated rings. The molecule has 0 atom stereocenters. The van der Waals surface area contributed by atoms with Crippen LogP contribution >= 0.6 is 0 Å². The standard InChI is InChI=1S/C40H64N6O13/c1-7-33(47)41-13-19-53-25-39(26-54-20-14-42-34(48)8-2,27-55-21-15-43-35(49)9-3)31-59-32-40(28-56-22-16-44-36(50)10-4,29-57-23-17-45-37(51)11-5)30-58-24-18-46-38(52)12-6/h7-12H,1-6,13-32H2,(H,41,47)(H,42,48)(H,43,49)(H,44,50)(H,45,51)(H,46,52). The molecule has 0 spiro atoms. The van der Waals surface area contributed by atoms with Gasteiger partial charge in [-0.1, -0.05) is 39.5 Å². The molecule has 0 radical (unpaired) electrons. The molecule has 332 valence electrons. The van der Waals surface area contributed by atoms with Crippen molar-refractivity contribution in [2.45, 2.75) is 0 Å². The highest BCUT2D eigenvalue weighted by atomic mass is 16.5. The highest BCUT2D eigenvalue weighted by molar-refractivity contribution is 5.88. The topological polar surface area (TPSA) is 239 Å². The van der Waals surface area contributed by atoms with Crippen LogP contribution in [0.5, 0.6) is 0 Å². The van der Waals surface area contributed by atoms with Gasteiger partial charge in [-0.2, -0.15) is 0 Å². The first kappa shape index (κ1) is 54.0. The van der Waals surface area contributed by atoms with Crippen LogP contribution in [0, 0.1) is 10.8 Å². The van der Waals surface area contributed by atoms with Crippen LogP contribution in [0.1, 0.15) is 0 Å². The molecule has 6 amide bonds. The summed E-state index contributed by atoms with van der Waals surface area (Å²) in [4.78, 5) is 70.2. The quantitative estimate of drug-likeness (QED) is 0.0318. The minimum absolute atomic E-state index is 0.0218. The Morgan fingerprint density at radius 3 is 0.610 bits per heavy atom. The van der Waals surface area contributed by atoms with Crippen molar-refractivity contribution in [3.05, 3.63) is 75.9 Å². The van der Waals surface area contributed by atoms with Crippen molar-refractivity contribution in [1.29, 1.82) is 0 Å². The fourth-order valence-corrected chi connectivity index (χ4v) is 4.63. The minimum atomic E-state index is -0.986. The molecule has 19 nitrogen and oxygen atoms in total. The second-order valence-electron chi connectivity index (χ2n) is 12.8. The van der Waals surface area contributed by atoms with Crippen molar-refractivity contribution in [2.75, 3.05) is 132 Å². The fourth-order valence-electron chi connectivity index (χ4n) is 4.63. The van der Waals surface area contributed by atoms with E-state index in [1.54, 1.807) is 0 Å². The maximum absolute atomic E-state index is 11.7. The fraction of sp³-hybridized carbons (Fsp3) is 0.550. The summed E-state index contributed by atoms with van der Waals surface area (Å²) in [7, 11) is 0. The molecule has 0 aromatic rings. The smallest absolute Gasteiger partial charge is 0.243 e. The Bertz CT molecular complexity index is 1100. The molecule has 0 aliphatic carbocycles. The molecule has 0 heterocycles. The molecule has 0 unspecified atom stereocenters. The van der Waals surface area contributed by atoms with Gasteiger partial charge < -0.3 is 65.1 Å². The molecule has 0 aromatic carbocycles. The van der Waals surface area contributed by atoms with E-state index >= 15 is 0 Å². The molecule has 0 rings (SSSR count). The molecule has 0 saturated carbocycles. The number of carbonyl (C=O) groups is 6. The average molecular weight is 837 g/mol. The van der Waals surface area contributed by atoms with Crippen LogP contribution in [0.4, 0.5) is 0 Å².